The molecule has 0 radical (unpaired) electrons. The molecule has 0 saturated carbocycles. The van der Waals surface area contributed by atoms with Gasteiger partial charge in [0.1, 0.15) is 5.02 Å². The minimum Gasteiger partial charge on any atom is -0.503 e. The summed E-state index contributed by atoms with van der Waals surface area (Å²) < 4.78 is 4.88. The molecule has 1 aromatic carbocycles. The van der Waals surface area contributed by atoms with Gasteiger partial charge in [0.2, 0.25) is 0 Å². The van der Waals surface area contributed by atoms with Gasteiger partial charge in [0, 0.05) is 5.56 Å². The lowest BCUT2D eigenvalue weighted by Gasteiger charge is -2.11. The van der Waals surface area contributed by atoms with E-state index in [2.05, 4.69) is 6.58 Å². The molecule has 0 fully saturated rings. The number of aromatic hydroxyl groups is 1. The number of phenols is 1. The number of halogens is 3. The number of hydrogen-bond donors (Lipinski definition) is 1. The normalized spacial score (nSPS) is 10.0. The lowest BCUT2D eigenvalue weighted by molar-refractivity contribution is 0.374. The second kappa shape index (κ2) is 4.30. The molecule has 0 aliphatic carbocycles. The highest BCUT2D eigenvalue weighted by molar-refractivity contribution is 6.46. The minimum absolute atomic E-state index is 0.00261. The molecule has 0 heterocycles. The number of methoxy groups -OCH3 is 1. The van der Waals surface area contributed by atoms with Crippen molar-refractivity contribution in [1.29, 1.82) is 0 Å². The average molecular weight is 254 g/mol. The second-order valence-electron chi connectivity index (χ2n) is 2.44. The van der Waals surface area contributed by atoms with Gasteiger partial charge in [0.25, 0.3) is 0 Å². The summed E-state index contributed by atoms with van der Waals surface area (Å²) in [4.78, 5) is 0. The van der Waals surface area contributed by atoms with Gasteiger partial charge in [-0.05, 0) is 0 Å². The first-order valence-corrected chi connectivity index (χ1v) is 4.73. The lowest BCUT2D eigenvalue weighted by atomic mass is 10.2. The van der Waals surface area contributed by atoms with E-state index in [1.807, 2.05) is 0 Å². The zero-order chi connectivity index (χ0) is 10.9. The van der Waals surface area contributed by atoms with Gasteiger partial charge in [-0.25, -0.2) is 0 Å². The van der Waals surface area contributed by atoms with Gasteiger partial charge < -0.3 is 9.84 Å². The molecule has 2 nitrogen and oxygen atoms in total. The van der Waals surface area contributed by atoms with Crippen LogP contribution >= 0.6 is 34.8 Å². The molecule has 0 aliphatic heterocycles. The highest BCUT2D eigenvalue weighted by Crippen LogP contribution is 2.47. The number of benzene rings is 1. The van der Waals surface area contributed by atoms with Crippen molar-refractivity contribution >= 4 is 40.9 Å². The van der Waals surface area contributed by atoms with E-state index < -0.39 is 0 Å². The van der Waals surface area contributed by atoms with Crippen LogP contribution in [0.4, 0.5) is 0 Å². The van der Waals surface area contributed by atoms with E-state index in [-0.39, 0.29) is 26.6 Å². The summed E-state index contributed by atoms with van der Waals surface area (Å²) in [5, 5.41) is 9.87. The molecule has 14 heavy (non-hydrogen) atoms. The van der Waals surface area contributed by atoms with Crippen LogP contribution in [0, 0.1) is 0 Å². The molecule has 5 heteroatoms. The molecule has 0 bridgehead atoms. The van der Waals surface area contributed by atoms with E-state index in [1.165, 1.54) is 13.2 Å². The van der Waals surface area contributed by atoms with Crippen LogP contribution in [0.25, 0.3) is 6.08 Å². The van der Waals surface area contributed by atoms with Gasteiger partial charge in [0.15, 0.2) is 11.5 Å². The summed E-state index contributed by atoms with van der Waals surface area (Å²) >= 11 is 17.5. The Hall–Kier alpha value is -0.570. The minimum atomic E-state index is -0.269. The molecular weight excluding hydrogens is 246 g/mol. The van der Waals surface area contributed by atoms with Crippen LogP contribution in [0.5, 0.6) is 11.5 Å². The van der Waals surface area contributed by atoms with Crippen molar-refractivity contribution < 1.29 is 9.84 Å². The largest absolute Gasteiger partial charge is 0.503 e. The van der Waals surface area contributed by atoms with Crippen molar-refractivity contribution in [2.45, 2.75) is 0 Å². The topological polar surface area (TPSA) is 29.5 Å². The molecule has 0 aromatic heterocycles. The lowest BCUT2D eigenvalue weighted by Crippen LogP contribution is -1.90. The molecule has 1 N–H and O–H groups in total. The van der Waals surface area contributed by atoms with Gasteiger partial charge in [-0.1, -0.05) is 47.5 Å². The van der Waals surface area contributed by atoms with Gasteiger partial charge in [-0.2, -0.15) is 0 Å². The summed E-state index contributed by atoms with van der Waals surface area (Å²) in [7, 11) is 1.37. The number of ether oxygens (including phenoxy) is 1. The van der Waals surface area contributed by atoms with Crippen LogP contribution in [0.1, 0.15) is 5.56 Å². The smallest absolute Gasteiger partial charge is 0.181 e. The van der Waals surface area contributed by atoms with E-state index in [0.717, 1.165) is 0 Å². The van der Waals surface area contributed by atoms with Gasteiger partial charge in [-0.15, -0.1) is 0 Å². The molecule has 1 aromatic rings. The molecule has 76 valence electrons. The Morgan fingerprint density at radius 3 is 2.21 bits per heavy atom. The van der Waals surface area contributed by atoms with Gasteiger partial charge in [-0.3, -0.25) is 0 Å². The maximum absolute atomic E-state index is 9.52. The fourth-order valence-corrected chi connectivity index (χ4v) is 1.85. The van der Waals surface area contributed by atoms with Crippen molar-refractivity contribution in [3.8, 4) is 11.5 Å². The van der Waals surface area contributed by atoms with E-state index >= 15 is 0 Å². The monoisotopic (exact) mass is 252 g/mol. The van der Waals surface area contributed by atoms with Gasteiger partial charge in [0.05, 0.1) is 17.2 Å². The fraction of sp³-hybridized carbons (Fsp3) is 0.111. The first-order valence-electron chi connectivity index (χ1n) is 3.60. The molecule has 0 amide bonds. The number of rotatable bonds is 2. The van der Waals surface area contributed by atoms with E-state index in [9.17, 15) is 5.11 Å². The third kappa shape index (κ3) is 1.65. The van der Waals surface area contributed by atoms with Crippen LogP contribution in [-0.2, 0) is 0 Å². The van der Waals surface area contributed by atoms with E-state index in [0.29, 0.717) is 5.56 Å². The first-order chi connectivity index (χ1) is 6.54. The summed E-state index contributed by atoms with van der Waals surface area (Å²) in [6, 6.07) is 0. The Morgan fingerprint density at radius 2 is 1.79 bits per heavy atom. The van der Waals surface area contributed by atoms with E-state index in [1.54, 1.807) is 0 Å². The first kappa shape index (κ1) is 11.5. The fourth-order valence-electron chi connectivity index (χ4n) is 1.01. The summed E-state index contributed by atoms with van der Waals surface area (Å²) in [5.74, 6) is -0.175. The number of hydrogen-bond acceptors (Lipinski definition) is 2. The Balaban J connectivity index is 3.64. The summed E-state index contributed by atoms with van der Waals surface area (Å²) in [6.45, 7) is 3.53. The van der Waals surface area contributed by atoms with Crippen LogP contribution in [0.15, 0.2) is 6.58 Å². The molecule has 0 atom stereocenters. The van der Waals surface area contributed by atoms with Crippen molar-refractivity contribution in [3.63, 3.8) is 0 Å². The molecule has 0 saturated heterocycles. The number of phenolic OH excluding ortho intramolecular Hbond substituents is 1. The summed E-state index contributed by atoms with van der Waals surface area (Å²) in [6.07, 6.45) is 1.44. The van der Waals surface area contributed by atoms with Crippen molar-refractivity contribution in [3.05, 3.63) is 27.2 Å². The summed E-state index contributed by atoms with van der Waals surface area (Å²) in [5.41, 5.74) is 0.438. The van der Waals surface area contributed by atoms with Crippen molar-refractivity contribution in [2.24, 2.45) is 0 Å². The second-order valence-corrected chi connectivity index (χ2v) is 3.58. The van der Waals surface area contributed by atoms with Crippen LogP contribution in [0.2, 0.25) is 15.1 Å². The van der Waals surface area contributed by atoms with Crippen LogP contribution in [0.3, 0.4) is 0 Å². The SMILES string of the molecule is C=Cc1c(Cl)c(Cl)c(O)c(OC)c1Cl. The Kier molecular flexibility index (Phi) is 3.53. The molecule has 0 unspecified atom stereocenters. The Bertz CT molecular complexity index is 388. The van der Waals surface area contributed by atoms with Crippen LogP contribution < -0.4 is 4.74 Å². The Labute approximate surface area is 96.7 Å². The highest BCUT2D eigenvalue weighted by Gasteiger charge is 2.19. The van der Waals surface area contributed by atoms with Crippen molar-refractivity contribution in [2.75, 3.05) is 7.11 Å². The zero-order valence-electron chi connectivity index (χ0n) is 7.27. The average Bonchev–Trinajstić information content (AvgIpc) is 2.16. The van der Waals surface area contributed by atoms with Crippen LogP contribution in [-0.4, -0.2) is 12.2 Å². The Morgan fingerprint density at radius 1 is 1.21 bits per heavy atom. The molecule has 0 aliphatic rings. The predicted octanol–water partition coefficient (Wildman–Crippen LogP) is 4.00. The molecular formula is C9H7Cl3O2. The molecule has 1 rings (SSSR count). The quantitative estimate of drug-likeness (QED) is 0.807. The highest BCUT2D eigenvalue weighted by atomic mass is 35.5. The maximum atomic E-state index is 9.52. The van der Waals surface area contributed by atoms with E-state index in [4.69, 9.17) is 39.5 Å². The standard InChI is InChI=1S/C9H7Cl3O2/c1-3-4-5(10)7(12)8(13)9(14-2)6(4)11/h3,13H,1H2,2H3. The molecule has 0 spiro atoms. The zero-order valence-corrected chi connectivity index (χ0v) is 9.54. The van der Waals surface area contributed by atoms with Crippen molar-refractivity contribution in [1.82, 2.24) is 0 Å². The third-order valence-corrected chi connectivity index (χ3v) is 2.93. The van der Waals surface area contributed by atoms with Gasteiger partial charge >= 0.3 is 0 Å². The maximum Gasteiger partial charge on any atom is 0.181 e. The third-order valence-electron chi connectivity index (χ3n) is 1.70. The predicted molar refractivity (Wildman–Crippen MR) is 59.8 cm³/mol.